The zero-order chi connectivity index (χ0) is 20.1. The number of nitrogens with two attached hydrogens (primary N) is 1. The Morgan fingerprint density at radius 1 is 1.22 bits per heavy atom. The summed E-state index contributed by atoms with van der Waals surface area (Å²) < 4.78 is 37.0. The summed E-state index contributed by atoms with van der Waals surface area (Å²) in [5, 5.41) is 0.250. The smallest absolute Gasteiger partial charge is 0.371 e. The first-order chi connectivity index (χ1) is 12.5. The van der Waals surface area contributed by atoms with Crippen molar-refractivity contribution < 1.29 is 36.6 Å². The zero-order valence-electron chi connectivity index (χ0n) is 13.7. The average molecular weight is 396 g/mol. The number of carbonyl (C=O) groups is 3. The van der Waals surface area contributed by atoms with Crippen LogP contribution in [0.15, 0.2) is 26.2 Å². The summed E-state index contributed by atoms with van der Waals surface area (Å²) in [6, 6.07) is 1.94. The van der Waals surface area contributed by atoms with Gasteiger partial charge >= 0.3 is 11.6 Å². The van der Waals surface area contributed by atoms with Gasteiger partial charge in [-0.3, -0.25) is 14.1 Å². The first-order valence-corrected chi connectivity index (χ1v) is 8.87. The maximum absolute atomic E-state index is 12.3. The van der Waals surface area contributed by atoms with E-state index in [2.05, 4.69) is 0 Å². The molecule has 1 aliphatic rings. The molecule has 27 heavy (non-hydrogen) atoms. The maximum Gasteiger partial charge on any atom is 0.371 e. The van der Waals surface area contributed by atoms with E-state index in [0.717, 1.165) is 12.1 Å². The number of carbonyl (C=O) groups excluding carboxylic acids is 3. The number of hydrogen-bond acceptors (Lipinski definition) is 9. The first-order valence-electron chi connectivity index (χ1n) is 7.43. The normalized spacial score (nSPS) is 14.8. The van der Waals surface area contributed by atoms with Gasteiger partial charge in [0.05, 0.1) is 5.69 Å². The Balaban J connectivity index is 2.15. The maximum atomic E-state index is 12.3. The molecule has 0 atom stereocenters. The van der Waals surface area contributed by atoms with Gasteiger partial charge in [-0.2, -0.15) is 8.42 Å². The third kappa shape index (κ3) is 3.15. The molecular formula is C15H12N2O9S. The highest BCUT2D eigenvalue weighted by Crippen LogP contribution is 2.28. The molecule has 12 heteroatoms. The van der Waals surface area contributed by atoms with E-state index >= 15 is 0 Å². The van der Waals surface area contributed by atoms with Gasteiger partial charge in [-0.05, 0) is 18.6 Å². The van der Waals surface area contributed by atoms with E-state index in [1.54, 1.807) is 0 Å². The molecule has 1 aliphatic heterocycles. The Hall–Kier alpha value is -3.25. The third-order valence-corrected chi connectivity index (χ3v) is 4.87. The molecule has 1 saturated heterocycles. The predicted octanol–water partition coefficient (Wildman–Crippen LogP) is 0.151. The van der Waals surface area contributed by atoms with Crippen molar-refractivity contribution in [2.75, 3.05) is 5.73 Å². The van der Waals surface area contributed by atoms with Gasteiger partial charge in [-0.25, -0.2) is 9.59 Å². The zero-order valence-corrected chi connectivity index (χ0v) is 14.5. The number of benzene rings is 1. The van der Waals surface area contributed by atoms with Crippen LogP contribution in [0.2, 0.25) is 0 Å². The second kappa shape index (κ2) is 6.17. The summed E-state index contributed by atoms with van der Waals surface area (Å²) in [4.78, 5) is 51.6. The molecule has 3 rings (SSSR count). The van der Waals surface area contributed by atoms with Gasteiger partial charge in [0.15, 0.2) is 5.56 Å². The minimum absolute atomic E-state index is 0.0116. The molecule has 1 fully saturated rings. The quantitative estimate of drug-likeness (QED) is 0.314. The molecule has 0 aliphatic carbocycles. The summed E-state index contributed by atoms with van der Waals surface area (Å²) in [5.74, 6) is -2.80. The lowest BCUT2D eigenvalue weighted by Gasteiger charge is -2.14. The van der Waals surface area contributed by atoms with Gasteiger partial charge < -0.3 is 15.0 Å². The molecule has 0 spiro atoms. The summed E-state index contributed by atoms with van der Waals surface area (Å²) in [7, 11) is -4.68. The van der Waals surface area contributed by atoms with E-state index in [4.69, 9.17) is 15.0 Å². The molecule has 2 heterocycles. The Bertz CT molecular complexity index is 1160. The van der Waals surface area contributed by atoms with Crippen LogP contribution in [0.1, 0.15) is 28.8 Å². The Labute approximate surface area is 151 Å². The highest BCUT2D eigenvalue weighted by molar-refractivity contribution is 7.86. The molecule has 1 aromatic heterocycles. The first kappa shape index (κ1) is 18.5. The number of amides is 2. The van der Waals surface area contributed by atoms with E-state index in [-0.39, 0.29) is 40.1 Å². The average Bonchev–Trinajstić information content (AvgIpc) is 2.85. The minimum atomic E-state index is -4.68. The van der Waals surface area contributed by atoms with E-state index in [1.165, 1.54) is 6.92 Å². The number of hydroxylamine groups is 2. The lowest BCUT2D eigenvalue weighted by Crippen LogP contribution is -2.34. The van der Waals surface area contributed by atoms with Crippen LogP contribution in [0.3, 0.4) is 0 Å². The van der Waals surface area contributed by atoms with Gasteiger partial charge in [-0.15, -0.1) is 5.06 Å². The SMILES string of the molecule is Cc1c(C(=O)ON2C(=O)CCC2=O)c(=O)oc2cc(N)c(S(=O)(=O)O)cc12. The van der Waals surface area contributed by atoms with Crippen LogP contribution in [0.5, 0.6) is 0 Å². The number of rotatable bonds is 3. The van der Waals surface area contributed by atoms with Gasteiger partial charge in [-0.1, -0.05) is 0 Å². The number of imide groups is 1. The number of fused-ring (bicyclic) bond motifs is 1. The summed E-state index contributed by atoms with van der Waals surface area (Å²) in [5.41, 5.74) is 3.22. The number of nitrogens with zero attached hydrogens (tertiary/aromatic N) is 1. The number of aryl methyl sites for hydroxylation is 1. The second-order valence-electron chi connectivity index (χ2n) is 5.71. The van der Waals surface area contributed by atoms with E-state index in [0.29, 0.717) is 0 Å². The Kier molecular flexibility index (Phi) is 4.24. The molecule has 0 saturated carbocycles. The van der Waals surface area contributed by atoms with Gasteiger partial charge in [0.1, 0.15) is 10.5 Å². The molecule has 2 aromatic rings. The van der Waals surface area contributed by atoms with Crippen LogP contribution in [0.4, 0.5) is 5.69 Å². The van der Waals surface area contributed by atoms with E-state index in [1.807, 2.05) is 0 Å². The van der Waals surface area contributed by atoms with Crippen molar-refractivity contribution in [1.29, 1.82) is 0 Å². The van der Waals surface area contributed by atoms with Crippen molar-refractivity contribution in [3.63, 3.8) is 0 Å². The van der Waals surface area contributed by atoms with Crippen molar-refractivity contribution in [3.8, 4) is 0 Å². The number of hydrogen-bond donors (Lipinski definition) is 2. The summed E-state index contributed by atoms with van der Waals surface area (Å²) in [6.07, 6.45) is -0.261. The van der Waals surface area contributed by atoms with Gasteiger partial charge in [0, 0.05) is 24.3 Å². The van der Waals surface area contributed by atoms with Gasteiger partial charge in [0.2, 0.25) is 0 Å². The Morgan fingerprint density at radius 2 is 1.81 bits per heavy atom. The van der Waals surface area contributed by atoms with Crippen molar-refractivity contribution in [2.45, 2.75) is 24.7 Å². The van der Waals surface area contributed by atoms with Crippen LogP contribution in [0, 0.1) is 6.92 Å². The Morgan fingerprint density at radius 3 is 2.37 bits per heavy atom. The van der Waals surface area contributed by atoms with Crippen LogP contribution < -0.4 is 11.4 Å². The monoisotopic (exact) mass is 396 g/mol. The van der Waals surface area contributed by atoms with Crippen LogP contribution in [-0.2, 0) is 24.5 Å². The van der Waals surface area contributed by atoms with Crippen molar-refractivity contribution >= 4 is 44.6 Å². The number of anilines is 1. The molecule has 11 nitrogen and oxygen atoms in total. The molecular weight excluding hydrogens is 384 g/mol. The van der Waals surface area contributed by atoms with E-state index < -0.39 is 44.0 Å². The highest BCUT2D eigenvalue weighted by atomic mass is 32.2. The largest absolute Gasteiger partial charge is 0.422 e. The highest BCUT2D eigenvalue weighted by Gasteiger charge is 2.34. The lowest BCUT2D eigenvalue weighted by atomic mass is 10.1. The van der Waals surface area contributed by atoms with Gasteiger partial charge in [0.25, 0.3) is 21.9 Å². The third-order valence-electron chi connectivity index (χ3n) is 3.96. The predicted molar refractivity (Wildman–Crippen MR) is 88.0 cm³/mol. The fourth-order valence-corrected chi connectivity index (χ4v) is 3.26. The summed E-state index contributed by atoms with van der Waals surface area (Å²) in [6.45, 7) is 1.30. The fraction of sp³-hybridized carbons (Fsp3) is 0.200. The second-order valence-corrected chi connectivity index (χ2v) is 7.10. The van der Waals surface area contributed by atoms with Crippen molar-refractivity contribution in [1.82, 2.24) is 5.06 Å². The lowest BCUT2D eigenvalue weighted by molar-refractivity contribution is -0.172. The topological polar surface area (TPSA) is 174 Å². The standard InChI is InChI=1S/C15H12N2O9S/c1-6-7-4-10(27(22,23)24)8(16)5-9(7)25-14(20)13(6)15(21)26-17-11(18)2-3-12(17)19/h4-5H,2-3,16H2,1H3,(H,22,23,24). The van der Waals surface area contributed by atoms with Crippen molar-refractivity contribution in [3.05, 3.63) is 33.7 Å². The van der Waals surface area contributed by atoms with Crippen molar-refractivity contribution in [2.24, 2.45) is 0 Å². The molecule has 0 radical (unpaired) electrons. The van der Waals surface area contributed by atoms with Crippen LogP contribution >= 0.6 is 0 Å². The van der Waals surface area contributed by atoms with E-state index in [9.17, 15) is 32.1 Å². The minimum Gasteiger partial charge on any atom is -0.422 e. The van der Waals surface area contributed by atoms with Crippen LogP contribution in [0.25, 0.3) is 11.0 Å². The molecule has 0 unspecified atom stereocenters. The molecule has 2 amide bonds. The fourth-order valence-electron chi connectivity index (χ4n) is 2.64. The molecule has 1 aromatic carbocycles. The summed E-state index contributed by atoms with van der Waals surface area (Å²) >= 11 is 0. The number of nitrogen functional groups attached to an aromatic ring is 1. The van der Waals surface area contributed by atoms with Crippen LogP contribution in [-0.4, -0.2) is 35.8 Å². The molecule has 142 valence electrons. The molecule has 3 N–H and O–H groups in total. The molecule has 0 bridgehead atoms.